The van der Waals surface area contributed by atoms with Crippen LogP contribution in [0, 0.1) is 5.41 Å². The third-order valence-corrected chi connectivity index (χ3v) is 0.612. The van der Waals surface area contributed by atoms with E-state index in [2.05, 4.69) is 27.4 Å². The second-order valence-electron chi connectivity index (χ2n) is 3.08. The number of allylic oxidation sites excluding steroid dienone is 1. The maximum absolute atomic E-state index is 8.88. The minimum absolute atomic E-state index is 0.306. The SMILES string of the molecule is C=CC(C)(C)C.O=P(O)(O)O. The van der Waals surface area contributed by atoms with E-state index in [0.717, 1.165) is 0 Å². The highest BCUT2D eigenvalue weighted by Gasteiger charge is 2.00. The third-order valence-electron chi connectivity index (χ3n) is 0.612. The number of hydrogen-bond acceptors (Lipinski definition) is 1. The molecular formula is C6H15O4P. The molecule has 11 heavy (non-hydrogen) atoms. The van der Waals surface area contributed by atoms with Crippen LogP contribution in [0.3, 0.4) is 0 Å². The van der Waals surface area contributed by atoms with Gasteiger partial charge in [-0.15, -0.1) is 6.58 Å². The molecule has 0 aromatic rings. The minimum atomic E-state index is -4.64. The van der Waals surface area contributed by atoms with Gasteiger partial charge in [0, 0.05) is 0 Å². The fraction of sp³-hybridized carbons (Fsp3) is 0.667. The fourth-order valence-electron chi connectivity index (χ4n) is 0. The van der Waals surface area contributed by atoms with Crippen LogP contribution in [0.15, 0.2) is 12.7 Å². The van der Waals surface area contributed by atoms with Crippen molar-refractivity contribution in [2.45, 2.75) is 20.8 Å². The van der Waals surface area contributed by atoms with Crippen LogP contribution < -0.4 is 0 Å². The van der Waals surface area contributed by atoms with E-state index in [4.69, 9.17) is 19.2 Å². The first-order valence-corrected chi connectivity index (χ1v) is 4.54. The van der Waals surface area contributed by atoms with Crippen LogP contribution in [0.4, 0.5) is 0 Å². The molecule has 0 amide bonds. The molecule has 68 valence electrons. The van der Waals surface area contributed by atoms with Gasteiger partial charge in [0.25, 0.3) is 0 Å². The molecule has 0 unspecified atom stereocenters. The molecule has 0 atom stereocenters. The summed E-state index contributed by atoms with van der Waals surface area (Å²) in [5, 5.41) is 0. The molecule has 0 aliphatic heterocycles. The Morgan fingerprint density at radius 2 is 1.36 bits per heavy atom. The highest BCUT2D eigenvalue weighted by molar-refractivity contribution is 7.45. The molecule has 0 aliphatic carbocycles. The molecule has 0 heterocycles. The van der Waals surface area contributed by atoms with E-state index in [-0.39, 0.29) is 0 Å². The Bertz CT molecular complexity index is 144. The Labute approximate surface area is 66.8 Å². The molecular weight excluding hydrogens is 167 g/mol. The largest absolute Gasteiger partial charge is 0.466 e. The van der Waals surface area contributed by atoms with Crippen LogP contribution in [0.5, 0.6) is 0 Å². The molecule has 0 radical (unpaired) electrons. The van der Waals surface area contributed by atoms with Crippen molar-refractivity contribution in [1.82, 2.24) is 0 Å². The van der Waals surface area contributed by atoms with Crippen LogP contribution in [0.2, 0.25) is 0 Å². The quantitative estimate of drug-likeness (QED) is 0.389. The van der Waals surface area contributed by atoms with Gasteiger partial charge >= 0.3 is 7.82 Å². The first-order chi connectivity index (χ1) is 4.56. The van der Waals surface area contributed by atoms with Crippen LogP contribution in [0.1, 0.15) is 20.8 Å². The van der Waals surface area contributed by atoms with Gasteiger partial charge in [-0.2, -0.15) is 0 Å². The molecule has 0 aromatic heterocycles. The van der Waals surface area contributed by atoms with E-state index in [0.29, 0.717) is 5.41 Å². The molecule has 0 bridgehead atoms. The van der Waals surface area contributed by atoms with E-state index < -0.39 is 7.82 Å². The lowest BCUT2D eigenvalue weighted by molar-refractivity contribution is 0.275. The van der Waals surface area contributed by atoms with E-state index in [9.17, 15) is 0 Å². The minimum Gasteiger partial charge on any atom is -0.303 e. The third kappa shape index (κ3) is 74.7. The lowest BCUT2D eigenvalue weighted by Crippen LogP contribution is -1.96. The van der Waals surface area contributed by atoms with Gasteiger partial charge in [-0.25, -0.2) is 4.57 Å². The second kappa shape index (κ2) is 4.67. The highest BCUT2D eigenvalue weighted by Crippen LogP contribution is 2.25. The molecule has 5 heteroatoms. The lowest BCUT2D eigenvalue weighted by atomic mass is 9.98. The van der Waals surface area contributed by atoms with Crippen molar-refractivity contribution >= 4 is 7.82 Å². The average molecular weight is 182 g/mol. The van der Waals surface area contributed by atoms with Gasteiger partial charge in [0.1, 0.15) is 0 Å². The summed E-state index contributed by atoms with van der Waals surface area (Å²) in [7, 11) is -4.64. The van der Waals surface area contributed by atoms with Crippen LogP contribution in [-0.2, 0) is 4.57 Å². The Morgan fingerprint density at radius 1 is 1.27 bits per heavy atom. The second-order valence-corrected chi connectivity index (χ2v) is 4.11. The summed E-state index contributed by atoms with van der Waals surface area (Å²) in [6.07, 6.45) is 1.94. The highest BCUT2D eigenvalue weighted by atomic mass is 31.2. The summed E-state index contributed by atoms with van der Waals surface area (Å²) in [6, 6.07) is 0. The summed E-state index contributed by atoms with van der Waals surface area (Å²) < 4.78 is 8.88. The van der Waals surface area contributed by atoms with Crippen molar-refractivity contribution in [3.63, 3.8) is 0 Å². The number of phosphoric acid groups is 1. The van der Waals surface area contributed by atoms with Gasteiger partial charge in [0.15, 0.2) is 0 Å². The van der Waals surface area contributed by atoms with Gasteiger partial charge in [-0.05, 0) is 5.41 Å². The van der Waals surface area contributed by atoms with Gasteiger partial charge in [-0.3, -0.25) is 0 Å². The summed E-state index contributed by atoms with van der Waals surface area (Å²) in [6.45, 7) is 10.0. The lowest BCUT2D eigenvalue weighted by Gasteiger charge is -2.08. The van der Waals surface area contributed by atoms with Gasteiger partial charge in [-0.1, -0.05) is 26.8 Å². The Kier molecular flexibility index (Phi) is 5.71. The molecule has 0 fully saturated rings. The zero-order chi connectivity index (χ0) is 9.71. The van der Waals surface area contributed by atoms with Crippen molar-refractivity contribution in [2.75, 3.05) is 0 Å². The van der Waals surface area contributed by atoms with Crippen LogP contribution >= 0.6 is 7.82 Å². The molecule has 0 aromatic carbocycles. The first-order valence-electron chi connectivity index (χ1n) is 2.98. The Balaban J connectivity index is 0. The fourth-order valence-corrected chi connectivity index (χ4v) is 0. The summed E-state index contributed by atoms with van der Waals surface area (Å²) in [5.41, 5.74) is 0.306. The van der Waals surface area contributed by atoms with E-state index >= 15 is 0 Å². The molecule has 0 rings (SSSR count). The number of rotatable bonds is 0. The predicted octanol–water partition coefficient (Wildman–Crippen LogP) is 1.29. The predicted molar refractivity (Wildman–Crippen MR) is 43.9 cm³/mol. The van der Waals surface area contributed by atoms with Crippen LogP contribution in [-0.4, -0.2) is 14.7 Å². The molecule has 0 saturated carbocycles. The van der Waals surface area contributed by atoms with E-state index in [1.165, 1.54) is 0 Å². The topological polar surface area (TPSA) is 77.8 Å². The molecule has 0 aliphatic rings. The Hall–Kier alpha value is -0.150. The van der Waals surface area contributed by atoms with Crippen molar-refractivity contribution < 1.29 is 19.2 Å². The standard InChI is InChI=1S/C6H12.H3O4P/c1-5-6(2,3)4;1-5(2,3)4/h5H,1H2,2-4H3;(H3,1,2,3,4). The van der Waals surface area contributed by atoms with Gasteiger partial charge < -0.3 is 14.7 Å². The maximum Gasteiger partial charge on any atom is 0.466 e. The average Bonchev–Trinajstić information content (AvgIpc) is 1.59. The van der Waals surface area contributed by atoms with E-state index in [1.54, 1.807) is 0 Å². The van der Waals surface area contributed by atoms with Crippen molar-refractivity contribution in [3.8, 4) is 0 Å². The summed E-state index contributed by atoms with van der Waals surface area (Å²) in [5.74, 6) is 0. The molecule has 3 N–H and O–H groups in total. The van der Waals surface area contributed by atoms with Crippen LogP contribution in [0.25, 0.3) is 0 Å². The van der Waals surface area contributed by atoms with E-state index in [1.807, 2.05) is 6.08 Å². The molecule has 0 saturated heterocycles. The van der Waals surface area contributed by atoms with Crippen molar-refractivity contribution in [3.05, 3.63) is 12.7 Å². The summed E-state index contributed by atoms with van der Waals surface area (Å²) >= 11 is 0. The van der Waals surface area contributed by atoms with Crippen molar-refractivity contribution in [2.24, 2.45) is 5.41 Å². The van der Waals surface area contributed by atoms with Gasteiger partial charge in [0.2, 0.25) is 0 Å². The smallest absolute Gasteiger partial charge is 0.303 e. The Morgan fingerprint density at radius 3 is 1.36 bits per heavy atom. The zero-order valence-corrected chi connectivity index (χ0v) is 7.88. The van der Waals surface area contributed by atoms with Gasteiger partial charge in [0.05, 0.1) is 0 Å². The molecule has 0 spiro atoms. The monoisotopic (exact) mass is 182 g/mol. The maximum atomic E-state index is 8.88. The molecule has 4 nitrogen and oxygen atoms in total. The summed E-state index contributed by atoms with van der Waals surface area (Å²) in [4.78, 5) is 21.6. The first kappa shape index (κ1) is 13.4. The zero-order valence-electron chi connectivity index (χ0n) is 6.98. The normalized spacial score (nSPS) is 11.5. The van der Waals surface area contributed by atoms with Crippen molar-refractivity contribution in [1.29, 1.82) is 0 Å². The number of hydrogen-bond donors (Lipinski definition) is 3.